The zero-order valence-corrected chi connectivity index (χ0v) is 16.1. The maximum Gasteiger partial charge on any atom is 0.255 e. The van der Waals surface area contributed by atoms with E-state index in [1.807, 2.05) is 6.92 Å². The van der Waals surface area contributed by atoms with E-state index in [1.165, 1.54) is 19.2 Å². The van der Waals surface area contributed by atoms with Gasteiger partial charge in [0.05, 0.1) is 19.2 Å². The Bertz CT molecular complexity index is 817. The van der Waals surface area contributed by atoms with Crippen LogP contribution in [0.5, 0.6) is 17.2 Å². The number of nitrogens with one attached hydrogen (secondary N) is 1. The highest BCUT2D eigenvalue weighted by Crippen LogP contribution is 2.36. The van der Waals surface area contributed by atoms with Crippen LogP contribution in [0.15, 0.2) is 30.3 Å². The molecule has 146 valence electrons. The normalized spacial score (nSPS) is 11.7. The third-order valence-electron chi connectivity index (χ3n) is 3.92. The van der Waals surface area contributed by atoms with Gasteiger partial charge in [0.2, 0.25) is 0 Å². The van der Waals surface area contributed by atoms with Gasteiger partial charge < -0.3 is 25.3 Å². The molecule has 27 heavy (non-hydrogen) atoms. The van der Waals surface area contributed by atoms with Crippen molar-refractivity contribution in [3.05, 3.63) is 52.3 Å². The van der Waals surface area contributed by atoms with E-state index in [0.29, 0.717) is 28.6 Å². The van der Waals surface area contributed by atoms with Crippen molar-refractivity contribution in [1.29, 1.82) is 0 Å². The molecule has 1 unspecified atom stereocenters. The van der Waals surface area contributed by atoms with E-state index in [-0.39, 0.29) is 24.2 Å². The molecule has 1 atom stereocenters. The summed E-state index contributed by atoms with van der Waals surface area (Å²) in [5, 5.41) is 3.58. The van der Waals surface area contributed by atoms with Crippen LogP contribution in [0, 0.1) is 5.82 Å². The fourth-order valence-corrected chi connectivity index (χ4v) is 2.87. The van der Waals surface area contributed by atoms with Crippen LogP contribution in [0.4, 0.5) is 4.39 Å². The number of carbonyl (C=O) groups excluding carboxylic acids is 1. The second-order valence-corrected chi connectivity index (χ2v) is 6.26. The van der Waals surface area contributed by atoms with E-state index in [2.05, 4.69) is 5.32 Å². The van der Waals surface area contributed by atoms with Gasteiger partial charge in [0.25, 0.3) is 5.91 Å². The summed E-state index contributed by atoms with van der Waals surface area (Å²) in [4.78, 5) is 10.9. The number of benzene rings is 2. The molecule has 0 aliphatic carbocycles. The molecule has 2 aromatic rings. The van der Waals surface area contributed by atoms with Gasteiger partial charge in [-0.25, -0.2) is 4.39 Å². The quantitative estimate of drug-likeness (QED) is 0.680. The molecule has 2 aromatic carbocycles. The van der Waals surface area contributed by atoms with Crippen LogP contribution in [0.3, 0.4) is 0 Å². The molecule has 0 aromatic heterocycles. The van der Waals surface area contributed by atoms with E-state index in [1.54, 1.807) is 25.3 Å². The predicted molar refractivity (Wildman–Crippen MR) is 101 cm³/mol. The first-order valence-corrected chi connectivity index (χ1v) is 8.57. The Kier molecular flexibility index (Phi) is 7.27. The number of nitrogens with two attached hydrogens (primary N) is 1. The number of hydrogen-bond donors (Lipinski definition) is 2. The van der Waals surface area contributed by atoms with Gasteiger partial charge in [-0.15, -0.1) is 0 Å². The topological polar surface area (TPSA) is 82.8 Å². The third kappa shape index (κ3) is 5.48. The van der Waals surface area contributed by atoms with Gasteiger partial charge in [-0.05, 0) is 42.8 Å². The molecule has 0 saturated heterocycles. The molecule has 0 radical (unpaired) electrons. The smallest absolute Gasteiger partial charge is 0.255 e. The monoisotopic (exact) mass is 396 g/mol. The maximum absolute atomic E-state index is 13.6. The number of hydrogen-bond acceptors (Lipinski definition) is 5. The summed E-state index contributed by atoms with van der Waals surface area (Å²) in [6.07, 6.45) is 0. The van der Waals surface area contributed by atoms with Gasteiger partial charge in [-0.3, -0.25) is 4.79 Å². The van der Waals surface area contributed by atoms with Crippen molar-refractivity contribution in [3.8, 4) is 17.2 Å². The zero-order chi connectivity index (χ0) is 20.0. The second kappa shape index (κ2) is 9.43. The number of rotatable bonds is 9. The molecule has 0 fully saturated rings. The molecule has 0 heterocycles. The van der Waals surface area contributed by atoms with Gasteiger partial charge in [0.1, 0.15) is 11.6 Å². The van der Waals surface area contributed by atoms with E-state index in [0.717, 1.165) is 5.56 Å². The number of methoxy groups -OCH3 is 2. The Labute approximate surface area is 162 Å². The summed E-state index contributed by atoms with van der Waals surface area (Å²) < 4.78 is 29.4. The van der Waals surface area contributed by atoms with Crippen LogP contribution in [-0.4, -0.2) is 26.7 Å². The van der Waals surface area contributed by atoms with Crippen molar-refractivity contribution in [3.63, 3.8) is 0 Å². The SMILES string of the molecule is COc1ccc(F)cc1C(C)NCc1cc(Cl)c(OCC(N)=O)c(OC)c1. The highest BCUT2D eigenvalue weighted by Gasteiger charge is 2.15. The lowest BCUT2D eigenvalue weighted by atomic mass is 10.1. The number of primary amides is 1. The highest BCUT2D eigenvalue weighted by molar-refractivity contribution is 6.32. The standard InChI is InChI=1S/C19H22ClFN2O4/c1-11(14-8-13(21)4-5-16(14)25-2)23-9-12-6-15(20)19(17(7-12)26-3)27-10-18(22)24/h4-8,11,23H,9-10H2,1-3H3,(H2,22,24). The molecule has 6 nitrogen and oxygen atoms in total. The summed E-state index contributed by atoms with van der Waals surface area (Å²) in [6, 6.07) is 7.64. The summed E-state index contributed by atoms with van der Waals surface area (Å²) >= 11 is 6.24. The van der Waals surface area contributed by atoms with E-state index < -0.39 is 5.91 Å². The molecule has 8 heteroatoms. The largest absolute Gasteiger partial charge is 0.496 e. The molecule has 0 bridgehead atoms. The van der Waals surface area contributed by atoms with E-state index in [4.69, 9.17) is 31.5 Å². The fourth-order valence-electron chi connectivity index (χ4n) is 2.58. The summed E-state index contributed by atoms with van der Waals surface area (Å²) in [5.41, 5.74) is 6.62. The first kappa shape index (κ1) is 20.8. The Morgan fingerprint density at radius 2 is 1.93 bits per heavy atom. The van der Waals surface area contributed by atoms with Gasteiger partial charge in [0.15, 0.2) is 18.1 Å². The summed E-state index contributed by atoms with van der Waals surface area (Å²) in [6.45, 7) is 2.04. The maximum atomic E-state index is 13.6. The minimum Gasteiger partial charge on any atom is -0.496 e. The van der Waals surface area contributed by atoms with Crippen molar-refractivity contribution >= 4 is 17.5 Å². The van der Waals surface area contributed by atoms with Crippen molar-refractivity contribution < 1.29 is 23.4 Å². The first-order valence-electron chi connectivity index (χ1n) is 8.20. The summed E-state index contributed by atoms with van der Waals surface area (Å²) in [5.74, 6) is 0.289. The first-order chi connectivity index (χ1) is 12.8. The minimum absolute atomic E-state index is 0.175. The molecular formula is C19H22ClFN2O4. The molecule has 0 aliphatic heterocycles. The van der Waals surface area contributed by atoms with Crippen molar-refractivity contribution in [2.24, 2.45) is 5.73 Å². The Morgan fingerprint density at radius 3 is 2.56 bits per heavy atom. The van der Waals surface area contributed by atoms with Crippen molar-refractivity contribution in [1.82, 2.24) is 5.32 Å². The van der Waals surface area contributed by atoms with Crippen molar-refractivity contribution in [2.75, 3.05) is 20.8 Å². The predicted octanol–water partition coefficient (Wildman–Crippen LogP) is 3.21. The average molecular weight is 397 g/mol. The van der Waals surface area contributed by atoms with Crippen LogP contribution in [0.25, 0.3) is 0 Å². The van der Waals surface area contributed by atoms with Gasteiger partial charge in [-0.1, -0.05) is 11.6 Å². The molecule has 2 rings (SSSR count). The van der Waals surface area contributed by atoms with Gasteiger partial charge >= 0.3 is 0 Å². The minimum atomic E-state index is -0.614. The van der Waals surface area contributed by atoms with E-state index >= 15 is 0 Å². The fraction of sp³-hybridized carbons (Fsp3) is 0.316. The van der Waals surface area contributed by atoms with Crippen molar-refractivity contribution in [2.45, 2.75) is 19.5 Å². The number of amides is 1. The van der Waals surface area contributed by atoms with Crippen LogP contribution in [0.2, 0.25) is 5.02 Å². The second-order valence-electron chi connectivity index (χ2n) is 5.85. The van der Waals surface area contributed by atoms with Crippen LogP contribution < -0.4 is 25.3 Å². The Hall–Kier alpha value is -2.51. The van der Waals surface area contributed by atoms with Gasteiger partial charge in [0, 0.05) is 18.2 Å². The summed E-state index contributed by atoms with van der Waals surface area (Å²) in [7, 11) is 3.01. The molecule has 0 spiro atoms. The molecule has 0 aliphatic rings. The lowest BCUT2D eigenvalue weighted by Crippen LogP contribution is -2.21. The number of carbonyl (C=O) groups is 1. The van der Waals surface area contributed by atoms with Gasteiger partial charge in [-0.2, -0.15) is 0 Å². The van der Waals surface area contributed by atoms with Crippen LogP contribution in [-0.2, 0) is 11.3 Å². The molecule has 3 N–H and O–H groups in total. The van der Waals surface area contributed by atoms with Crippen LogP contribution >= 0.6 is 11.6 Å². The average Bonchev–Trinajstić information content (AvgIpc) is 2.64. The molecule has 1 amide bonds. The van der Waals surface area contributed by atoms with Crippen LogP contribution in [0.1, 0.15) is 24.1 Å². The van der Waals surface area contributed by atoms with E-state index in [9.17, 15) is 9.18 Å². The zero-order valence-electron chi connectivity index (χ0n) is 15.3. The number of ether oxygens (including phenoxy) is 3. The lowest BCUT2D eigenvalue weighted by molar-refractivity contribution is -0.119. The Morgan fingerprint density at radius 1 is 1.22 bits per heavy atom. The highest BCUT2D eigenvalue weighted by atomic mass is 35.5. The third-order valence-corrected chi connectivity index (χ3v) is 4.20. The molecular weight excluding hydrogens is 375 g/mol. The molecule has 0 saturated carbocycles. The number of halogens is 2. The Balaban J connectivity index is 2.15. The lowest BCUT2D eigenvalue weighted by Gasteiger charge is -2.18.